The summed E-state index contributed by atoms with van der Waals surface area (Å²) in [6, 6.07) is 10.1. The zero-order chi connectivity index (χ0) is 18.7. The summed E-state index contributed by atoms with van der Waals surface area (Å²) in [4.78, 5) is 29.6. The van der Waals surface area contributed by atoms with Gasteiger partial charge in [0.25, 0.3) is 5.91 Å². The number of nitrogen functional groups attached to an aromatic ring is 1. The number of carboxylic acid groups (broad SMARTS) is 1. The van der Waals surface area contributed by atoms with Crippen LogP contribution in [0.3, 0.4) is 0 Å². The number of carbonyl (C=O) groups excluding carboxylic acids is 1. The number of carboxylic acids is 1. The van der Waals surface area contributed by atoms with E-state index in [1.807, 2.05) is 12.1 Å². The number of benzene rings is 1. The zero-order valence-electron chi connectivity index (χ0n) is 14.3. The summed E-state index contributed by atoms with van der Waals surface area (Å²) >= 11 is 1.22. The summed E-state index contributed by atoms with van der Waals surface area (Å²) in [5.41, 5.74) is 7.74. The predicted octanol–water partition coefficient (Wildman–Crippen LogP) is 4.17. The lowest BCUT2D eigenvalue weighted by Gasteiger charge is -2.07. The lowest BCUT2D eigenvalue weighted by Crippen LogP contribution is -2.14. The molecule has 0 bridgehead atoms. The number of anilines is 2. The minimum atomic E-state index is -1.10. The Labute approximate surface area is 154 Å². The average molecular weight is 369 g/mol. The minimum Gasteiger partial charge on any atom is -0.478 e. The van der Waals surface area contributed by atoms with Crippen LogP contribution in [0.1, 0.15) is 45.5 Å². The smallest absolute Gasteiger partial charge is 0.337 e. The summed E-state index contributed by atoms with van der Waals surface area (Å²) in [6.45, 7) is 2.12. The van der Waals surface area contributed by atoms with E-state index in [1.165, 1.54) is 17.4 Å². The van der Waals surface area contributed by atoms with Gasteiger partial charge in [0.1, 0.15) is 9.71 Å². The second kappa shape index (κ2) is 7.53. The van der Waals surface area contributed by atoms with Gasteiger partial charge in [0.2, 0.25) is 0 Å². The van der Waals surface area contributed by atoms with Crippen LogP contribution < -0.4 is 11.1 Å². The van der Waals surface area contributed by atoms with E-state index in [2.05, 4.69) is 17.2 Å². The zero-order valence-corrected chi connectivity index (χ0v) is 15.1. The van der Waals surface area contributed by atoms with Crippen LogP contribution in [0.5, 0.6) is 0 Å². The first-order chi connectivity index (χ1) is 12.5. The number of pyridine rings is 1. The molecule has 1 amide bonds. The van der Waals surface area contributed by atoms with E-state index in [0.29, 0.717) is 15.4 Å². The second-order valence-electron chi connectivity index (χ2n) is 5.91. The van der Waals surface area contributed by atoms with Crippen molar-refractivity contribution in [3.63, 3.8) is 0 Å². The molecule has 0 radical (unpaired) electrons. The van der Waals surface area contributed by atoms with Crippen LogP contribution in [0.25, 0.3) is 10.2 Å². The van der Waals surface area contributed by atoms with Gasteiger partial charge in [-0.15, -0.1) is 11.3 Å². The molecule has 0 aliphatic carbocycles. The molecule has 3 rings (SSSR count). The Morgan fingerprint density at radius 2 is 2.00 bits per heavy atom. The van der Waals surface area contributed by atoms with Gasteiger partial charge in [-0.1, -0.05) is 25.5 Å². The van der Waals surface area contributed by atoms with Gasteiger partial charge in [0.05, 0.1) is 16.9 Å². The van der Waals surface area contributed by atoms with Gasteiger partial charge in [-0.25, -0.2) is 9.78 Å². The third-order valence-electron chi connectivity index (χ3n) is 4.05. The van der Waals surface area contributed by atoms with Gasteiger partial charge in [-0.2, -0.15) is 0 Å². The molecule has 6 nitrogen and oxygen atoms in total. The van der Waals surface area contributed by atoms with Gasteiger partial charge in [0.15, 0.2) is 0 Å². The maximum Gasteiger partial charge on any atom is 0.337 e. The number of nitrogens with two attached hydrogens (primary N) is 1. The predicted molar refractivity (Wildman–Crippen MR) is 104 cm³/mol. The fourth-order valence-corrected chi connectivity index (χ4v) is 3.67. The van der Waals surface area contributed by atoms with Crippen molar-refractivity contribution in [2.24, 2.45) is 0 Å². The van der Waals surface area contributed by atoms with E-state index in [-0.39, 0.29) is 11.3 Å². The highest BCUT2D eigenvalue weighted by atomic mass is 32.1. The maximum atomic E-state index is 12.6. The third-order valence-corrected chi connectivity index (χ3v) is 5.16. The lowest BCUT2D eigenvalue weighted by molar-refractivity contribution is 0.0698. The molecule has 2 heterocycles. The highest BCUT2D eigenvalue weighted by Crippen LogP contribution is 2.33. The molecule has 4 N–H and O–H groups in total. The molecule has 0 saturated heterocycles. The number of nitrogens with zero attached hydrogens (tertiary/aromatic N) is 1. The number of aryl methyl sites for hydroxylation is 1. The summed E-state index contributed by atoms with van der Waals surface area (Å²) in [5, 5.41) is 12.6. The van der Waals surface area contributed by atoms with Gasteiger partial charge >= 0.3 is 5.97 Å². The monoisotopic (exact) mass is 369 g/mol. The second-order valence-corrected chi connectivity index (χ2v) is 6.91. The lowest BCUT2D eigenvalue weighted by atomic mass is 10.1. The Morgan fingerprint density at radius 3 is 2.73 bits per heavy atom. The Kier molecular flexibility index (Phi) is 5.18. The topological polar surface area (TPSA) is 105 Å². The summed E-state index contributed by atoms with van der Waals surface area (Å²) in [6.07, 6.45) is 3.03. The molecule has 1 aromatic carbocycles. The van der Waals surface area contributed by atoms with E-state index >= 15 is 0 Å². The fourth-order valence-electron chi connectivity index (χ4n) is 2.66. The average Bonchev–Trinajstić information content (AvgIpc) is 2.96. The molecule has 7 heteroatoms. The third kappa shape index (κ3) is 3.52. The number of hydrogen-bond donors (Lipinski definition) is 3. The fraction of sp³-hybridized carbons (Fsp3) is 0.211. The quantitative estimate of drug-likeness (QED) is 0.605. The molecule has 2 aromatic heterocycles. The number of nitrogens with one attached hydrogen (secondary N) is 1. The Hall–Kier alpha value is -2.93. The van der Waals surface area contributed by atoms with Crippen molar-refractivity contribution in [1.82, 2.24) is 4.98 Å². The molecule has 0 fully saturated rings. The molecule has 0 unspecified atom stereocenters. The van der Waals surface area contributed by atoms with E-state index in [4.69, 9.17) is 5.73 Å². The van der Waals surface area contributed by atoms with Crippen molar-refractivity contribution in [3.05, 3.63) is 52.5 Å². The first-order valence-corrected chi connectivity index (χ1v) is 9.14. The first kappa shape index (κ1) is 17.9. The van der Waals surface area contributed by atoms with Crippen LogP contribution in [0.15, 0.2) is 36.4 Å². The maximum absolute atomic E-state index is 12.6. The van der Waals surface area contributed by atoms with Crippen molar-refractivity contribution < 1.29 is 14.7 Å². The Balaban J connectivity index is 1.91. The highest BCUT2D eigenvalue weighted by molar-refractivity contribution is 7.21. The van der Waals surface area contributed by atoms with Gasteiger partial charge < -0.3 is 16.2 Å². The SMILES string of the molecule is CCCCc1ccc2c(N)c(C(=O)Nc3ccccc3C(=O)O)sc2n1. The number of aromatic nitrogens is 1. The molecular weight excluding hydrogens is 350 g/mol. The number of para-hydroxylation sites is 1. The van der Waals surface area contributed by atoms with Crippen molar-refractivity contribution in [1.29, 1.82) is 0 Å². The number of fused-ring (bicyclic) bond motifs is 1. The van der Waals surface area contributed by atoms with Crippen LogP contribution in [-0.2, 0) is 6.42 Å². The van der Waals surface area contributed by atoms with E-state index < -0.39 is 11.9 Å². The van der Waals surface area contributed by atoms with Crippen LogP contribution >= 0.6 is 11.3 Å². The highest BCUT2D eigenvalue weighted by Gasteiger charge is 2.19. The molecule has 134 valence electrons. The van der Waals surface area contributed by atoms with Gasteiger partial charge in [-0.05, 0) is 37.1 Å². The first-order valence-electron chi connectivity index (χ1n) is 8.32. The van der Waals surface area contributed by atoms with E-state index in [9.17, 15) is 14.7 Å². The largest absolute Gasteiger partial charge is 0.478 e. The molecule has 0 aliphatic rings. The number of hydrogen-bond acceptors (Lipinski definition) is 5. The number of rotatable bonds is 6. The van der Waals surface area contributed by atoms with Crippen LogP contribution in [0.4, 0.5) is 11.4 Å². The molecule has 0 aliphatic heterocycles. The van der Waals surface area contributed by atoms with Crippen molar-refractivity contribution in [3.8, 4) is 0 Å². The van der Waals surface area contributed by atoms with Crippen LogP contribution in [-0.4, -0.2) is 22.0 Å². The van der Waals surface area contributed by atoms with Crippen molar-refractivity contribution >= 4 is 44.8 Å². The number of thiophene rings is 1. The van der Waals surface area contributed by atoms with Crippen LogP contribution in [0.2, 0.25) is 0 Å². The number of aromatic carboxylic acids is 1. The normalized spacial score (nSPS) is 10.8. The number of carbonyl (C=O) groups is 2. The summed E-state index contributed by atoms with van der Waals surface area (Å²) < 4.78 is 0. The van der Waals surface area contributed by atoms with Gasteiger partial charge in [0, 0.05) is 11.1 Å². The standard InChI is InChI=1S/C19H19N3O3S/c1-2-3-6-11-9-10-13-15(20)16(26-18(13)21-11)17(23)22-14-8-5-4-7-12(14)19(24)25/h4-5,7-10H,2-3,6,20H2,1H3,(H,22,23)(H,24,25). The molecule has 3 aromatic rings. The van der Waals surface area contributed by atoms with Crippen molar-refractivity contribution in [2.45, 2.75) is 26.2 Å². The summed E-state index contributed by atoms with van der Waals surface area (Å²) in [7, 11) is 0. The Bertz CT molecular complexity index is 981. The molecule has 26 heavy (non-hydrogen) atoms. The van der Waals surface area contributed by atoms with E-state index in [1.54, 1.807) is 18.2 Å². The Morgan fingerprint density at radius 1 is 1.23 bits per heavy atom. The van der Waals surface area contributed by atoms with Crippen molar-refractivity contribution in [2.75, 3.05) is 11.1 Å². The van der Waals surface area contributed by atoms with E-state index in [0.717, 1.165) is 30.3 Å². The number of amides is 1. The molecule has 0 saturated carbocycles. The van der Waals surface area contributed by atoms with Crippen LogP contribution in [0, 0.1) is 0 Å². The number of unbranched alkanes of at least 4 members (excludes halogenated alkanes) is 1. The summed E-state index contributed by atoms with van der Waals surface area (Å²) in [5.74, 6) is -1.54. The minimum absolute atomic E-state index is 0.0282. The molecule has 0 spiro atoms. The molecule has 0 atom stereocenters. The van der Waals surface area contributed by atoms with Gasteiger partial charge in [-0.3, -0.25) is 4.79 Å². The molecular formula is C19H19N3O3S.